The van der Waals surface area contributed by atoms with E-state index < -0.39 is 30.1 Å². The van der Waals surface area contributed by atoms with Gasteiger partial charge in [0, 0.05) is 61.1 Å². The number of rotatable bonds is 12. The van der Waals surface area contributed by atoms with Gasteiger partial charge in [0.25, 0.3) is 10.0 Å². The van der Waals surface area contributed by atoms with Gasteiger partial charge in [-0.15, -0.1) is 17.8 Å². The molecule has 3 aliphatic heterocycles. The molecule has 20 heteroatoms. The van der Waals surface area contributed by atoms with E-state index in [1.165, 1.54) is 37.4 Å². The van der Waals surface area contributed by atoms with Crippen LogP contribution in [0.1, 0.15) is 40.0 Å². The van der Waals surface area contributed by atoms with Crippen LogP contribution in [0.4, 0.5) is 0 Å². The second-order valence-electron chi connectivity index (χ2n) is 13.2. The summed E-state index contributed by atoms with van der Waals surface area (Å²) in [6.07, 6.45) is 5.04. The van der Waals surface area contributed by atoms with Crippen molar-refractivity contribution < 1.29 is 39.5 Å². The van der Waals surface area contributed by atoms with Gasteiger partial charge in [0.15, 0.2) is 11.6 Å². The molecule has 14 nitrogen and oxygen atoms in total. The largest absolute Gasteiger partial charge is 0.481 e. The molecule has 0 radical (unpaired) electrons. The zero-order chi connectivity index (χ0) is 43.8. The minimum absolute atomic E-state index is 0.0360. The smallest absolute Gasteiger partial charge is 0.260 e. The molecule has 0 bridgehead atoms. The lowest BCUT2D eigenvalue weighted by molar-refractivity contribution is 0.354. The summed E-state index contributed by atoms with van der Waals surface area (Å²) in [5.41, 5.74) is 0. The first-order chi connectivity index (χ1) is 28.6. The molecule has 0 N–H and O–H groups in total. The maximum absolute atomic E-state index is 12.4. The van der Waals surface area contributed by atoms with Crippen molar-refractivity contribution in [1.82, 2.24) is 22.9 Å². The molecule has 1 aromatic carbocycles. The minimum Gasteiger partial charge on any atom is -0.481 e. The Hall–Kier alpha value is -3.62. The second kappa shape index (κ2) is 23.6. The highest BCUT2D eigenvalue weighted by molar-refractivity contribution is 7.90. The van der Waals surface area contributed by atoms with Gasteiger partial charge in [-0.25, -0.2) is 35.2 Å². The Kier molecular flexibility index (Phi) is 19.3. The molecule has 60 heavy (non-hydrogen) atoms. The number of benzene rings is 1. The zero-order valence-corrected chi connectivity index (χ0v) is 38.6. The van der Waals surface area contributed by atoms with Crippen LogP contribution in [0.15, 0.2) is 75.7 Å². The van der Waals surface area contributed by atoms with E-state index in [4.69, 9.17) is 14.2 Å². The van der Waals surface area contributed by atoms with Crippen molar-refractivity contribution in [2.24, 2.45) is 0 Å². The topological polar surface area (TPSA) is 166 Å². The van der Waals surface area contributed by atoms with Crippen LogP contribution in [0, 0.1) is 35.5 Å². The third kappa shape index (κ3) is 14.2. The van der Waals surface area contributed by atoms with Crippen LogP contribution in [-0.4, -0.2) is 123 Å². The molecule has 324 valence electrons. The summed E-state index contributed by atoms with van der Waals surface area (Å²) >= 11 is 12.9. The normalized spacial score (nSPS) is 19.4. The molecule has 3 aliphatic rings. The van der Waals surface area contributed by atoms with Crippen molar-refractivity contribution in [2.75, 3.05) is 59.1 Å². The van der Waals surface area contributed by atoms with E-state index in [-0.39, 0.29) is 43.8 Å². The van der Waals surface area contributed by atoms with E-state index >= 15 is 0 Å². The van der Waals surface area contributed by atoms with Gasteiger partial charge in [-0.05, 0) is 82.5 Å². The number of hydrogen-bond donors (Lipinski definition) is 3. The fourth-order valence-electron chi connectivity index (χ4n) is 5.70. The van der Waals surface area contributed by atoms with Gasteiger partial charge in [0.05, 0.1) is 17.3 Å². The van der Waals surface area contributed by atoms with Gasteiger partial charge >= 0.3 is 0 Å². The predicted molar refractivity (Wildman–Crippen MR) is 240 cm³/mol. The first-order valence-electron chi connectivity index (χ1n) is 18.8. The molecule has 3 fully saturated rings. The maximum Gasteiger partial charge on any atom is 0.260 e. The Labute approximate surface area is 371 Å². The van der Waals surface area contributed by atoms with Crippen molar-refractivity contribution in [1.29, 1.82) is 0 Å². The predicted octanol–water partition coefficient (Wildman–Crippen LogP) is 4.13. The lowest BCUT2D eigenvalue weighted by Gasteiger charge is -2.16. The summed E-state index contributed by atoms with van der Waals surface area (Å²) in [6.45, 7) is 8.84. The van der Waals surface area contributed by atoms with Crippen LogP contribution in [-0.2, 0) is 30.1 Å². The first-order valence-corrected chi connectivity index (χ1v) is 24.6. The summed E-state index contributed by atoms with van der Waals surface area (Å²) in [5.74, 6) is 17.9. The summed E-state index contributed by atoms with van der Waals surface area (Å²) in [6, 6.07) is 12.5. The van der Waals surface area contributed by atoms with Crippen molar-refractivity contribution in [3.05, 3.63) is 60.9 Å². The van der Waals surface area contributed by atoms with Crippen LogP contribution in [0.2, 0.25) is 0 Å². The third-order valence-corrected chi connectivity index (χ3v) is 15.7. The Morgan fingerprint density at radius 1 is 0.550 bits per heavy atom. The fourth-order valence-corrected chi connectivity index (χ4v) is 11.3. The van der Waals surface area contributed by atoms with Crippen molar-refractivity contribution in [3.8, 4) is 52.9 Å². The standard InChI is InChI=1S/C14H17NO3S2.2C13H16N2O3S2/c1-2-3-10-18-12-4-6-14(7-5-12)20(16,17)15-9-8-13(19)11-15;1-2-3-8-18-13-5-4-12(9-14-13)20(16,17)15-7-6-11(19)10-15;1-2-3-8-18-11-4-5-13(14-9-11)20(16,17)15-7-6-12(19)10-15/h4-7,13,19H,8-11H2,1H3;4-5,9,11,19H,6-8,10H2,1H3;4-5,9,12,19H,6-8,10H2,1H3. The number of nitrogens with zero attached hydrogens (tertiary/aromatic N) is 5. The number of aromatic nitrogens is 2. The summed E-state index contributed by atoms with van der Waals surface area (Å²) in [4.78, 5) is 8.42. The highest BCUT2D eigenvalue weighted by atomic mass is 32.2. The Morgan fingerprint density at radius 3 is 1.40 bits per heavy atom. The average molecular weight is 936 g/mol. The number of pyridine rings is 2. The van der Waals surface area contributed by atoms with Gasteiger partial charge in [0.1, 0.15) is 29.6 Å². The molecule has 3 unspecified atom stereocenters. The van der Waals surface area contributed by atoms with Crippen molar-refractivity contribution in [3.63, 3.8) is 0 Å². The van der Waals surface area contributed by atoms with E-state index in [1.54, 1.807) is 57.2 Å². The van der Waals surface area contributed by atoms with Crippen LogP contribution in [0.25, 0.3) is 0 Å². The van der Waals surface area contributed by atoms with Crippen molar-refractivity contribution >= 4 is 68.0 Å². The number of thiol groups is 3. The molecule has 3 aromatic rings. The van der Waals surface area contributed by atoms with Crippen LogP contribution < -0.4 is 14.2 Å². The van der Waals surface area contributed by atoms with Crippen LogP contribution in [0.5, 0.6) is 17.4 Å². The SMILES string of the molecule is CC#CCOc1ccc(S(=O)(=O)N2CCC(S)C2)cc1.CC#CCOc1ccc(S(=O)(=O)N2CCC(S)C2)cn1.CC#CCOc1ccc(S(=O)(=O)N2CCC(S)C2)nc1. The number of ether oxygens (including phenoxy) is 3. The molecular weight excluding hydrogens is 887 g/mol. The Morgan fingerprint density at radius 2 is 0.983 bits per heavy atom. The van der Waals surface area contributed by atoms with Crippen molar-refractivity contribution in [2.45, 2.75) is 70.6 Å². The molecule has 6 rings (SSSR count). The van der Waals surface area contributed by atoms with Crippen LogP contribution >= 0.6 is 37.9 Å². The molecule has 0 aliphatic carbocycles. The number of hydrogen-bond acceptors (Lipinski definition) is 14. The average Bonchev–Trinajstić information content (AvgIpc) is 4.01. The maximum atomic E-state index is 12.4. The Balaban J connectivity index is 0.000000198. The zero-order valence-electron chi connectivity index (χ0n) is 33.5. The van der Waals surface area contributed by atoms with Gasteiger partial charge in [-0.1, -0.05) is 17.8 Å². The highest BCUT2D eigenvalue weighted by Crippen LogP contribution is 2.26. The summed E-state index contributed by atoms with van der Waals surface area (Å²) in [5, 5.41) is 0.363. The van der Waals surface area contributed by atoms with Gasteiger partial charge < -0.3 is 14.2 Å². The van der Waals surface area contributed by atoms with Gasteiger partial charge in [0.2, 0.25) is 25.9 Å². The summed E-state index contributed by atoms with van der Waals surface area (Å²) < 4.78 is 94.3. The van der Waals surface area contributed by atoms with E-state index in [1.807, 2.05) is 0 Å². The highest BCUT2D eigenvalue weighted by Gasteiger charge is 2.33. The monoisotopic (exact) mass is 935 g/mol. The van der Waals surface area contributed by atoms with E-state index in [2.05, 4.69) is 83.4 Å². The molecule has 5 heterocycles. The lowest BCUT2D eigenvalue weighted by atomic mass is 10.3. The van der Waals surface area contributed by atoms with E-state index in [0.717, 1.165) is 19.3 Å². The Bertz CT molecular complexity index is 2120. The lowest BCUT2D eigenvalue weighted by Crippen LogP contribution is -2.29. The summed E-state index contributed by atoms with van der Waals surface area (Å²) in [7, 11) is -10.4. The van der Waals surface area contributed by atoms with E-state index in [9.17, 15) is 25.3 Å². The van der Waals surface area contributed by atoms with E-state index in [0.29, 0.717) is 63.3 Å². The quantitative estimate of drug-likeness (QED) is 0.177. The first kappa shape index (κ1) is 49.0. The molecule has 3 saturated heterocycles. The van der Waals surface area contributed by atoms with Crippen LogP contribution in [0.3, 0.4) is 0 Å². The second-order valence-corrected chi connectivity index (χ2v) is 21.2. The molecule has 0 spiro atoms. The number of sulfonamides is 3. The molecule has 2 aromatic heterocycles. The molecule has 0 amide bonds. The minimum atomic E-state index is -3.52. The molecular formula is C40H49N5O9S6. The van der Waals surface area contributed by atoms with Gasteiger partial charge in [-0.3, -0.25) is 0 Å². The molecule has 3 atom stereocenters. The third-order valence-electron chi connectivity index (χ3n) is 8.94. The fraction of sp³-hybridized carbons (Fsp3) is 0.450. The van der Waals surface area contributed by atoms with Gasteiger partial charge in [-0.2, -0.15) is 50.8 Å². The molecule has 0 saturated carbocycles.